The van der Waals surface area contributed by atoms with Gasteiger partial charge in [-0.15, -0.1) is 11.6 Å². The molecular weight excluding hydrogens is 287 g/mol. The summed E-state index contributed by atoms with van der Waals surface area (Å²) >= 11 is 9.27. The van der Waals surface area contributed by atoms with Gasteiger partial charge in [-0.1, -0.05) is 46.3 Å². The standard InChI is InChI=1S/C13H18BrClO/c1-13(10-14,11-15)16-9-5-8-12-6-3-2-4-7-12/h2-4,6-7H,5,8-11H2,1H3. The summed E-state index contributed by atoms with van der Waals surface area (Å²) in [6.45, 7) is 2.78. The maximum absolute atomic E-state index is 5.85. The molecule has 1 aromatic carbocycles. The molecule has 0 heterocycles. The van der Waals surface area contributed by atoms with Gasteiger partial charge in [-0.25, -0.2) is 0 Å². The Bertz CT molecular complexity index is 285. The van der Waals surface area contributed by atoms with Crippen LogP contribution in [0.4, 0.5) is 0 Å². The molecule has 0 saturated heterocycles. The lowest BCUT2D eigenvalue weighted by Gasteiger charge is -2.25. The van der Waals surface area contributed by atoms with E-state index in [1.54, 1.807) is 0 Å². The highest BCUT2D eigenvalue weighted by Gasteiger charge is 2.21. The second kappa shape index (κ2) is 7.31. The van der Waals surface area contributed by atoms with E-state index < -0.39 is 0 Å². The molecule has 16 heavy (non-hydrogen) atoms. The van der Waals surface area contributed by atoms with Crippen molar-refractivity contribution in [2.75, 3.05) is 17.8 Å². The zero-order valence-corrected chi connectivity index (χ0v) is 11.9. The van der Waals surface area contributed by atoms with E-state index >= 15 is 0 Å². The third-order valence-electron chi connectivity index (χ3n) is 2.47. The number of hydrogen-bond donors (Lipinski definition) is 0. The fraction of sp³-hybridized carbons (Fsp3) is 0.538. The van der Waals surface area contributed by atoms with Gasteiger partial charge in [0.15, 0.2) is 0 Å². The summed E-state index contributed by atoms with van der Waals surface area (Å²) in [5, 5.41) is 0.773. The van der Waals surface area contributed by atoms with Crippen LogP contribution in [-0.4, -0.2) is 23.4 Å². The van der Waals surface area contributed by atoms with Gasteiger partial charge >= 0.3 is 0 Å². The Hall–Kier alpha value is -0.0500. The van der Waals surface area contributed by atoms with E-state index in [-0.39, 0.29) is 5.60 Å². The smallest absolute Gasteiger partial charge is 0.0885 e. The number of aryl methyl sites for hydroxylation is 1. The molecule has 0 aliphatic rings. The van der Waals surface area contributed by atoms with E-state index in [2.05, 4.69) is 40.2 Å². The lowest BCUT2D eigenvalue weighted by atomic mass is 10.1. The topological polar surface area (TPSA) is 9.23 Å². The Labute approximate surface area is 111 Å². The minimum absolute atomic E-state index is 0.238. The van der Waals surface area contributed by atoms with Crippen LogP contribution in [0, 0.1) is 0 Å². The van der Waals surface area contributed by atoms with Crippen molar-refractivity contribution in [3.63, 3.8) is 0 Å². The number of alkyl halides is 2. The van der Waals surface area contributed by atoms with Crippen LogP contribution in [0.1, 0.15) is 18.9 Å². The summed E-state index contributed by atoms with van der Waals surface area (Å²) in [4.78, 5) is 0. The van der Waals surface area contributed by atoms with E-state index in [1.807, 2.05) is 13.0 Å². The van der Waals surface area contributed by atoms with Gasteiger partial charge in [0.05, 0.1) is 11.5 Å². The average Bonchev–Trinajstić information content (AvgIpc) is 2.36. The van der Waals surface area contributed by atoms with E-state index in [0.717, 1.165) is 24.8 Å². The predicted octanol–water partition coefficient (Wildman–Crippen LogP) is 4.03. The first-order valence-corrected chi connectivity index (χ1v) is 7.15. The van der Waals surface area contributed by atoms with Crippen LogP contribution < -0.4 is 0 Å². The molecular formula is C13H18BrClO. The number of rotatable bonds is 7. The Balaban J connectivity index is 2.22. The largest absolute Gasteiger partial charge is 0.373 e. The van der Waals surface area contributed by atoms with Crippen LogP contribution in [0.25, 0.3) is 0 Å². The maximum atomic E-state index is 5.85. The van der Waals surface area contributed by atoms with Gasteiger partial charge in [0, 0.05) is 11.9 Å². The Kier molecular flexibility index (Phi) is 6.40. The van der Waals surface area contributed by atoms with Gasteiger partial charge in [0.25, 0.3) is 0 Å². The van der Waals surface area contributed by atoms with Crippen molar-refractivity contribution < 1.29 is 4.74 Å². The predicted molar refractivity (Wildman–Crippen MR) is 73.6 cm³/mol. The molecule has 90 valence electrons. The Morgan fingerprint density at radius 2 is 2.00 bits per heavy atom. The summed E-state index contributed by atoms with van der Waals surface area (Å²) in [6.07, 6.45) is 2.09. The minimum Gasteiger partial charge on any atom is -0.373 e. The van der Waals surface area contributed by atoms with E-state index in [1.165, 1.54) is 5.56 Å². The highest BCUT2D eigenvalue weighted by molar-refractivity contribution is 9.09. The van der Waals surface area contributed by atoms with Crippen LogP contribution in [0.15, 0.2) is 30.3 Å². The van der Waals surface area contributed by atoms with Crippen molar-refractivity contribution in [2.24, 2.45) is 0 Å². The molecule has 0 fully saturated rings. The van der Waals surface area contributed by atoms with E-state index in [9.17, 15) is 0 Å². The van der Waals surface area contributed by atoms with Gasteiger partial charge in [0.1, 0.15) is 0 Å². The molecule has 0 radical (unpaired) electrons. The van der Waals surface area contributed by atoms with Crippen molar-refractivity contribution in [2.45, 2.75) is 25.4 Å². The molecule has 0 aliphatic carbocycles. The number of halogens is 2. The van der Waals surface area contributed by atoms with Crippen molar-refractivity contribution in [1.82, 2.24) is 0 Å². The third-order valence-corrected chi connectivity index (χ3v) is 4.22. The fourth-order valence-electron chi connectivity index (χ4n) is 1.35. The summed E-state index contributed by atoms with van der Waals surface area (Å²) < 4.78 is 5.77. The third kappa shape index (κ3) is 4.86. The van der Waals surface area contributed by atoms with E-state index in [4.69, 9.17) is 16.3 Å². The van der Waals surface area contributed by atoms with Gasteiger partial charge in [-0.05, 0) is 25.3 Å². The normalized spacial score (nSPS) is 14.7. The number of hydrogen-bond acceptors (Lipinski definition) is 1. The summed E-state index contributed by atoms with van der Waals surface area (Å²) in [6, 6.07) is 10.5. The summed E-state index contributed by atoms with van der Waals surface area (Å²) in [5.74, 6) is 0.517. The SMILES string of the molecule is CC(CCl)(CBr)OCCCc1ccccc1. The van der Waals surface area contributed by atoms with Gasteiger partial charge in [0.2, 0.25) is 0 Å². The molecule has 1 unspecified atom stereocenters. The van der Waals surface area contributed by atoms with Crippen molar-refractivity contribution >= 4 is 27.5 Å². The van der Waals surface area contributed by atoms with Crippen LogP contribution in [-0.2, 0) is 11.2 Å². The molecule has 0 bridgehead atoms. The molecule has 0 aromatic heterocycles. The first-order chi connectivity index (χ1) is 7.70. The van der Waals surface area contributed by atoms with Crippen molar-refractivity contribution in [3.8, 4) is 0 Å². The first-order valence-electron chi connectivity index (χ1n) is 5.50. The zero-order valence-electron chi connectivity index (χ0n) is 9.59. The number of ether oxygens (including phenoxy) is 1. The van der Waals surface area contributed by atoms with Crippen LogP contribution in [0.2, 0.25) is 0 Å². The molecule has 0 saturated carbocycles. The average molecular weight is 306 g/mol. The second-order valence-corrected chi connectivity index (χ2v) is 4.98. The fourth-order valence-corrected chi connectivity index (χ4v) is 2.11. The molecule has 1 rings (SSSR count). The summed E-state index contributed by atoms with van der Waals surface area (Å²) in [7, 11) is 0. The van der Waals surface area contributed by atoms with Gasteiger partial charge < -0.3 is 4.74 Å². The lowest BCUT2D eigenvalue weighted by molar-refractivity contribution is 0.00348. The van der Waals surface area contributed by atoms with Crippen molar-refractivity contribution in [1.29, 1.82) is 0 Å². The Morgan fingerprint density at radius 3 is 2.56 bits per heavy atom. The quantitative estimate of drug-likeness (QED) is 0.546. The number of benzene rings is 1. The highest BCUT2D eigenvalue weighted by atomic mass is 79.9. The maximum Gasteiger partial charge on any atom is 0.0885 e. The molecule has 0 amide bonds. The Morgan fingerprint density at radius 1 is 1.31 bits per heavy atom. The zero-order chi connectivity index (χ0) is 11.9. The van der Waals surface area contributed by atoms with Gasteiger partial charge in [-0.3, -0.25) is 0 Å². The minimum atomic E-state index is -0.238. The lowest BCUT2D eigenvalue weighted by Crippen LogP contribution is -2.33. The molecule has 3 heteroatoms. The molecule has 0 N–H and O–H groups in total. The highest BCUT2D eigenvalue weighted by Crippen LogP contribution is 2.16. The van der Waals surface area contributed by atoms with Gasteiger partial charge in [-0.2, -0.15) is 0 Å². The molecule has 1 atom stereocenters. The molecule has 1 nitrogen and oxygen atoms in total. The molecule has 0 spiro atoms. The summed E-state index contributed by atoms with van der Waals surface area (Å²) in [5.41, 5.74) is 1.12. The van der Waals surface area contributed by atoms with Crippen LogP contribution >= 0.6 is 27.5 Å². The first kappa shape index (κ1) is 14.0. The molecule has 0 aliphatic heterocycles. The van der Waals surface area contributed by atoms with Crippen molar-refractivity contribution in [3.05, 3.63) is 35.9 Å². The van der Waals surface area contributed by atoms with E-state index in [0.29, 0.717) is 5.88 Å². The van der Waals surface area contributed by atoms with Crippen LogP contribution in [0.3, 0.4) is 0 Å². The van der Waals surface area contributed by atoms with Crippen LogP contribution in [0.5, 0.6) is 0 Å². The monoisotopic (exact) mass is 304 g/mol. The second-order valence-electron chi connectivity index (χ2n) is 4.15. The molecule has 1 aromatic rings.